The van der Waals surface area contributed by atoms with Gasteiger partial charge in [-0.2, -0.15) is 0 Å². The van der Waals surface area contributed by atoms with Crippen LogP contribution >= 0.6 is 11.6 Å². The maximum atomic E-state index is 13.6. The van der Waals surface area contributed by atoms with Crippen molar-refractivity contribution in [1.82, 2.24) is 84.0 Å². The summed E-state index contributed by atoms with van der Waals surface area (Å²) in [5, 5.41) is 36.8. The fraction of sp³-hybridized carbons (Fsp3) is 0.415. The summed E-state index contributed by atoms with van der Waals surface area (Å²) in [5.41, 5.74) is 4.76. The SMILES string of the molecule is COc1ccc2c(c1)C(c1ccc(Cl)cc1)=N[C@H](CC(=O)Nc1ccc(OCCOCCOCCOCCOCCOCCC(=O)NCCCN(C)CCCNC(=O)CCNC(=O)c3nc(NC(=O)CCNC(=O)c4cc(NC(=O)c5nc(NC(=O)CCNC(=O)c6cc(NC(=O)c7nccn7C)cn6C)cn5C)cn4C)cn3C)cc1)c1nnc(C)n1-2. The van der Waals surface area contributed by atoms with Gasteiger partial charge in [0, 0.05) is 153 Å². The lowest BCUT2D eigenvalue weighted by atomic mass is 10.00. The van der Waals surface area contributed by atoms with Crippen molar-refractivity contribution in [3.05, 3.63) is 173 Å². The standard InChI is InChI=1S/C82H104ClN23O17/c1-53-98-99-74-62(93-73(54-11-13-55(83)14-12-54)61-47-60(117-8)19-20-63(61)106(53)74)48-72(111)90-56-15-17-59(18-16-56)123-44-43-122-42-41-121-40-39-120-38-37-119-36-35-118-34-24-69(108)85-26-10-32-100(2)31-9-25-84-68(107)21-27-89-80(114)76-96-66(51-104(76)6)94-70(109)22-28-88-79(113)65-46-58(50-103(65)5)92-82(116)77-97-67(52-105(77)7)95-71(110)23-29-87-78(112)64-45-57(49-102(64)4)91-81(115)75-86-30-33-101(75)3/h11-20,30,33,45-47,49-52,62H,9-10,21-29,31-32,34-44,48H2,1-8H3,(H,84,107)(H,85,108)(H,87,112)(H,88,113)(H,89,114)(H,90,111)(H,91,115)(H,92,116)(H,94,109)(H,95,110)/t62-/m1/s1. The summed E-state index contributed by atoms with van der Waals surface area (Å²) in [5.74, 6) is -1.46. The number of hydrogen-bond donors (Lipinski definition) is 10. The van der Waals surface area contributed by atoms with Crippen LogP contribution in [0, 0.1) is 6.92 Å². The molecular weight excluding hydrogens is 1610 g/mol. The molecule has 6 aromatic heterocycles. The van der Waals surface area contributed by atoms with Crippen molar-refractivity contribution < 1.29 is 81.1 Å². The number of carbonyl (C=O) groups excluding carboxylic acids is 10. The summed E-state index contributed by atoms with van der Waals surface area (Å²) in [7, 11) is 11.6. The third-order valence-electron chi connectivity index (χ3n) is 18.9. The Hall–Kier alpha value is -13.0. The highest BCUT2D eigenvalue weighted by Gasteiger charge is 2.31. The van der Waals surface area contributed by atoms with Crippen molar-refractivity contribution >= 4 is 105 Å². The predicted octanol–water partition coefficient (Wildman–Crippen LogP) is 4.67. The highest BCUT2D eigenvalue weighted by atomic mass is 35.5. The van der Waals surface area contributed by atoms with Gasteiger partial charge >= 0.3 is 0 Å². The summed E-state index contributed by atoms with van der Waals surface area (Å²) in [4.78, 5) is 149. The van der Waals surface area contributed by atoms with Gasteiger partial charge in [-0.1, -0.05) is 23.7 Å². The number of aryl methyl sites for hydroxylation is 6. The van der Waals surface area contributed by atoms with Gasteiger partial charge < -0.3 is 114 Å². The first-order valence-electron chi connectivity index (χ1n) is 39.9. The molecule has 40 nitrogen and oxygen atoms in total. The molecule has 0 bridgehead atoms. The van der Waals surface area contributed by atoms with Crippen LogP contribution in [0.4, 0.5) is 28.7 Å². The number of aliphatic imine (C=N–C) groups is 1. The van der Waals surface area contributed by atoms with Crippen LogP contribution in [0.15, 0.2) is 121 Å². The number of fused-ring (bicyclic) bond motifs is 3. The molecule has 1 aliphatic rings. The van der Waals surface area contributed by atoms with E-state index >= 15 is 0 Å². The number of halogens is 1. The predicted molar refractivity (Wildman–Crippen MR) is 454 cm³/mol. The van der Waals surface area contributed by atoms with Gasteiger partial charge in [-0.3, -0.25) is 57.5 Å². The Morgan fingerprint density at radius 3 is 1.50 bits per heavy atom. The number of hydrogen-bond acceptors (Lipinski definition) is 24. The van der Waals surface area contributed by atoms with Gasteiger partial charge in [0.15, 0.2) is 23.3 Å². The van der Waals surface area contributed by atoms with E-state index in [1.165, 1.54) is 55.2 Å². The first-order valence-corrected chi connectivity index (χ1v) is 40.3. The smallest absolute Gasteiger partial charge is 0.291 e. The minimum atomic E-state index is -0.658. The largest absolute Gasteiger partial charge is 0.497 e. The highest BCUT2D eigenvalue weighted by Crippen LogP contribution is 2.35. The van der Waals surface area contributed by atoms with Crippen LogP contribution in [0.25, 0.3) is 5.69 Å². The van der Waals surface area contributed by atoms with Gasteiger partial charge in [-0.15, -0.1) is 10.2 Å². The first kappa shape index (κ1) is 92.3. The van der Waals surface area contributed by atoms with Crippen LogP contribution in [-0.4, -0.2) is 255 Å². The van der Waals surface area contributed by atoms with E-state index in [4.69, 9.17) is 49.8 Å². The van der Waals surface area contributed by atoms with Gasteiger partial charge in [0.25, 0.3) is 29.5 Å². The molecule has 0 unspecified atom stereocenters. The Kier molecular flexibility index (Phi) is 35.0. The third kappa shape index (κ3) is 28.3. The van der Waals surface area contributed by atoms with E-state index in [0.29, 0.717) is 137 Å². The fourth-order valence-electron chi connectivity index (χ4n) is 12.7. The van der Waals surface area contributed by atoms with Gasteiger partial charge in [-0.05, 0) is 107 Å². The van der Waals surface area contributed by atoms with Crippen molar-refractivity contribution in [3.63, 3.8) is 0 Å². The molecular formula is C82H104ClN23O17. The van der Waals surface area contributed by atoms with Crippen molar-refractivity contribution in [1.29, 1.82) is 0 Å². The number of amides is 10. The number of benzene rings is 3. The average Bonchev–Trinajstić information content (AvgIpc) is 1.61. The third-order valence-corrected chi connectivity index (χ3v) is 19.2. The van der Waals surface area contributed by atoms with Crippen LogP contribution < -0.4 is 62.6 Å². The Morgan fingerprint density at radius 1 is 0.463 bits per heavy atom. The second kappa shape index (κ2) is 46.7. The summed E-state index contributed by atoms with van der Waals surface area (Å²) >= 11 is 6.25. The number of ether oxygens (including phenoxy) is 7. The zero-order valence-corrected chi connectivity index (χ0v) is 70.6. The fourth-order valence-corrected chi connectivity index (χ4v) is 12.8. The lowest BCUT2D eigenvalue weighted by molar-refractivity contribution is -0.122. The Bertz CT molecular complexity index is 5140. The lowest BCUT2D eigenvalue weighted by Crippen LogP contribution is -2.33. The summed E-state index contributed by atoms with van der Waals surface area (Å²) < 4.78 is 48.7. The van der Waals surface area contributed by atoms with E-state index in [1.54, 1.807) is 95.7 Å². The van der Waals surface area contributed by atoms with Gasteiger partial charge in [-0.25, -0.2) is 15.0 Å². The Morgan fingerprint density at radius 2 is 0.959 bits per heavy atom. The number of rotatable bonds is 50. The molecule has 0 saturated carbocycles. The molecule has 0 saturated heterocycles. The normalized spacial score (nSPS) is 12.1. The molecule has 123 heavy (non-hydrogen) atoms. The van der Waals surface area contributed by atoms with Crippen LogP contribution in [0.3, 0.4) is 0 Å². The van der Waals surface area contributed by atoms with E-state index < -0.39 is 47.4 Å². The van der Waals surface area contributed by atoms with Crippen LogP contribution in [0.2, 0.25) is 5.02 Å². The molecule has 0 fully saturated rings. The van der Waals surface area contributed by atoms with Crippen molar-refractivity contribution in [3.8, 4) is 17.2 Å². The number of nitrogens with zero attached hydrogens (tertiary/aromatic N) is 13. The van der Waals surface area contributed by atoms with Gasteiger partial charge in [0.05, 0.1) is 102 Å². The maximum absolute atomic E-state index is 13.6. The molecule has 0 aliphatic carbocycles. The van der Waals surface area contributed by atoms with Crippen molar-refractivity contribution in [2.75, 3.05) is 159 Å². The number of carbonyl (C=O) groups is 10. The Balaban J connectivity index is 0.477. The molecule has 1 aliphatic heterocycles. The average molecular weight is 1720 g/mol. The zero-order chi connectivity index (χ0) is 87.7. The molecule has 656 valence electrons. The molecule has 3 aromatic carbocycles. The molecule has 7 heterocycles. The van der Waals surface area contributed by atoms with Crippen LogP contribution in [0.1, 0.15) is 127 Å². The highest BCUT2D eigenvalue weighted by molar-refractivity contribution is 6.30. The number of methoxy groups -OCH3 is 1. The topological polar surface area (TPSA) is 465 Å². The van der Waals surface area contributed by atoms with Crippen LogP contribution in [-0.2, 0) is 82.9 Å². The quantitative estimate of drug-likeness (QED) is 0.0231. The molecule has 1 atom stereocenters. The molecule has 9 aromatic rings. The van der Waals surface area contributed by atoms with Crippen molar-refractivity contribution in [2.45, 2.75) is 57.9 Å². The molecule has 0 radical (unpaired) electrons. The van der Waals surface area contributed by atoms with E-state index in [1.807, 2.05) is 48.9 Å². The molecule has 10 rings (SSSR count). The summed E-state index contributed by atoms with van der Waals surface area (Å²) in [6.07, 6.45) is 10.5. The minimum Gasteiger partial charge on any atom is -0.497 e. The van der Waals surface area contributed by atoms with E-state index in [-0.39, 0.29) is 122 Å². The zero-order valence-electron chi connectivity index (χ0n) is 69.9. The molecule has 41 heteroatoms. The Labute approximate surface area is 714 Å². The monoisotopic (exact) mass is 1720 g/mol. The molecule has 0 spiro atoms. The minimum absolute atomic E-state index is 0.00219. The molecule has 10 N–H and O–H groups in total. The van der Waals surface area contributed by atoms with Crippen LogP contribution in [0.5, 0.6) is 11.5 Å². The number of aromatic nitrogens is 11. The number of anilines is 5. The number of imidazole rings is 3. The van der Waals surface area contributed by atoms with Gasteiger partial charge in [0.1, 0.15) is 41.4 Å². The summed E-state index contributed by atoms with van der Waals surface area (Å²) in [6, 6.07) is 22.5. The number of nitrogens with one attached hydrogen (secondary N) is 10. The van der Waals surface area contributed by atoms with Crippen molar-refractivity contribution in [2.24, 2.45) is 40.2 Å². The molecule has 10 amide bonds. The van der Waals surface area contributed by atoms with E-state index in [9.17, 15) is 47.9 Å². The van der Waals surface area contributed by atoms with E-state index in [2.05, 4.69) is 83.2 Å². The second-order valence-corrected chi connectivity index (χ2v) is 28.9. The first-order chi connectivity index (χ1) is 59.4. The van der Waals surface area contributed by atoms with E-state index in [0.717, 1.165) is 29.8 Å². The lowest BCUT2D eigenvalue weighted by Gasteiger charge is -2.16. The van der Waals surface area contributed by atoms with Gasteiger partial charge in [0.2, 0.25) is 41.2 Å². The maximum Gasteiger partial charge on any atom is 0.291 e. The summed E-state index contributed by atoms with van der Waals surface area (Å²) in [6.45, 7) is 8.16. The second-order valence-electron chi connectivity index (χ2n) is 28.4.